The van der Waals surface area contributed by atoms with Gasteiger partial charge in [0.05, 0.1) is 30.6 Å². The summed E-state index contributed by atoms with van der Waals surface area (Å²) < 4.78 is 48.7. The van der Waals surface area contributed by atoms with Crippen LogP contribution >= 0.6 is 11.6 Å². The summed E-state index contributed by atoms with van der Waals surface area (Å²) in [4.78, 5) is 0. The predicted octanol–water partition coefficient (Wildman–Crippen LogP) is 4.02. The number of aromatic nitrogens is 1. The van der Waals surface area contributed by atoms with Crippen molar-refractivity contribution in [3.05, 3.63) is 40.5 Å². The fourth-order valence-electron chi connectivity index (χ4n) is 2.37. The standard InChI is InChI=1S/C17H17ClN2O6S/c1-9-10(2)19-26-17(9)13-5-6-16(25-13)27(21,22)20-12-7-11(18)14(23-3)8-15(12)24-4/h5-8,20H,1-4H3. The molecule has 8 nitrogen and oxygen atoms in total. The average Bonchev–Trinajstić information content (AvgIpc) is 3.23. The highest BCUT2D eigenvalue weighted by molar-refractivity contribution is 7.92. The third-order valence-electron chi connectivity index (χ3n) is 3.95. The molecule has 0 unspecified atom stereocenters. The molecule has 0 aliphatic rings. The largest absolute Gasteiger partial charge is 0.495 e. The van der Waals surface area contributed by atoms with E-state index < -0.39 is 10.0 Å². The van der Waals surface area contributed by atoms with Gasteiger partial charge in [-0.2, -0.15) is 8.42 Å². The van der Waals surface area contributed by atoms with E-state index in [1.165, 1.54) is 38.5 Å². The smallest absolute Gasteiger partial charge is 0.295 e. The molecule has 0 radical (unpaired) electrons. The number of hydrogen-bond donors (Lipinski definition) is 1. The van der Waals surface area contributed by atoms with Gasteiger partial charge >= 0.3 is 0 Å². The molecule has 0 saturated heterocycles. The Morgan fingerprint density at radius 3 is 2.41 bits per heavy atom. The maximum Gasteiger partial charge on any atom is 0.295 e. The van der Waals surface area contributed by atoms with Crippen LogP contribution in [0.1, 0.15) is 11.3 Å². The Bertz CT molecular complexity index is 1090. The molecule has 0 fully saturated rings. The second-order valence-electron chi connectivity index (χ2n) is 5.63. The minimum Gasteiger partial charge on any atom is -0.495 e. The molecule has 0 aliphatic heterocycles. The van der Waals surface area contributed by atoms with Crippen LogP contribution in [0.3, 0.4) is 0 Å². The first kappa shape index (κ1) is 19.1. The van der Waals surface area contributed by atoms with Crippen LogP contribution in [0.15, 0.2) is 38.3 Å². The van der Waals surface area contributed by atoms with Gasteiger partial charge in [0, 0.05) is 11.6 Å². The van der Waals surface area contributed by atoms with Gasteiger partial charge in [-0.3, -0.25) is 4.72 Å². The van der Waals surface area contributed by atoms with Gasteiger partial charge in [-0.25, -0.2) is 0 Å². The van der Waals surface area contributed by atoms with E-state index in [1.807, 2.05) is 0 Å². The monoisotopic (exact) mass is 412 g/mol. The number of halogens is 1. The van der Waals surface area contributed by atoms with E-state index in [0.717, 1.165) is 5.56 Å². The van der Waals surface area contributed by atoms with Crippen molar-refractivity contribution in [2.45, 2.75) is 18.9 Å². The lowest BCUT2D eigenvalue weighted by Gasteiger charge is -2.13. The van der Waals surface area contributed by atoms with Crippen LogP contribution in [-0.4, -0.2) is 27.8 Å². The number of methoxy groups -OCH3 is 2. The molecule has 3 rings (SSSR count). The van der Waals surface area contributed by atoms with Crippen LogP contribution < -0.4 is 14.2 Å². The Morgan fingerprint density at radius 2 is 1.81 bits per heavy atom. The number of anilines is 1. The number of furan rings is 1. The molecule has 0 spiro atoms. The number of hydrogen-bond acceptors (Lipinski definition) is 7. The van der Waals surface area contributed by atoms with Crippen LogP contribution in [0.25, 0.3) is 11.5 Å². The highest BCUT2D eigenvalue weighted by Crippen LogP contribution is 2.37. The first-order valence-electron chi connectivity index (χ1n) is 7.74. The van der Waals surface area contributed by atoms with Crippen molar-refractivity contribution in [3.63, 3.8) is 0 Å². The Balaban J connectivity index is 1.94. The van der Waals surface area contributed by atoms with Gasteiger partial charge in [0.15, 0.2) is 5.76 Å². The molecule has 1 N–H and O–H groups in total. The first-order valence-corrected chi connectivity index (χ1v) is 9.60. The van der Waals surface area contributed by atoms with Gasteiger partial charge in [-0.15, -0.1) is 0 Å². The highest BCUT2D eigenvalue weighted by Gasteiger charge is 2.24. The summed E-state index contributed by atoms with van der Waals surface area (Å²) in [5, 5.41) is 3.77. The summed E-state index contributed by atoms with van der Waals surface area (Å²) in [7, 11) is -1.18. The van der Waals surface area contributed by atoms with E-state index in [9.17, 15) is 8.42 Å². The minimum atomic E-state index is -4.03. The number of nitrogens with zero attached hydrogens (tertiary/aromatic N) is 1. The van der Waals surface area contributed by atoms with Crippen LogP contribution in [-0.2, 0) is 10.0 Å². The zero-order chi connectivity index (χ0) is 19.8. The third kappa shape index (κ3) is 3.60. The molecule has 10 heteroatoms. The zero-order valence-electron chi connectivity index (χ0n) is 15.0. The van der Waals surface area contributed by atoms with Crippen molar-refractivity contribution in [1.29, 1.82) is 0 Å². The SMILES string of the molecule is COc1cc(OC)c(NS(=O)(=O)c2ccc(-c3onc(C)c3C)o2)cc1Cl. The van der Waals surface area contributed by atoms with E-state index in [0.29, 0.717) is 17.2 Å². The summed E-state index contributed by atoms with van der Waals surface area (Å²) in [6.45, 7) is 3.59. The Morgan fingerprint density at radius 1 is 1.11 bits per heavy atom. The molecule has 2 heterocycles. The summed E-state index contributed by atoms with van der Waals surface area (Å²) in [6.07, 6.45) is 0. The van der Waals surface area contributed by atoms with Gasteiger partial charge in [-0.1, -0.05) is 16.8 Å². The quantitative estimate of drug-likeness (QED) is 0.651. The van der Waals surface area contributed by atoms with E-state index in [-0.39, 0.29) is 27.3 Å². The summed E-state index contributed by atoms with van der Waals surface area (Å²) >= 11 is 6.08. The van der Waals surface area contributed by atoms with Crippen molar-refractivity contribution in [2.24, 2.45) is 0 Å². The molecule has 2 aromatic heterocycles. The van der Waals surface area contributed by atoms with E-state index >= 15 is 0 Å². The molecule has 0 amide bonds. The van der Waals surface area contributed by atoms with Gasteiger partial charge in [-0.05, 0) is 32.0 Å². The Hall–Kier alpha value is -2.65. The van der Waals surface area contributed by atoms with Crippen LogP contribution in [0, 0.1) is 13.8 Å². The molecule has 3 aromatic rings. The fraction of sp³-hybridized carbons (Fsp3) is 0.235. The van der Waals surface area contributed by atoms with Gasteiger partial charge in [0.2, 0.25) is 10.9 Å². The van der Waals surface area contributed by atoms with Crippen molar-refractivity contribution in [2.75, 3.05) is 18.9 Å². The van der Waals surface area contributed by atoms with Crippen molar-refractivity contribution in [1.82, 2.24) is 5.16 Å². The topological polar surface area (TPSA) is 104 Å². The molecular weight excluding hydrogens is 396 g/mol. The van der Waals surface area contributed by atoms with Crippen molar-refractivity contribution >= 4 is 27.3 Å². The Kier molecular flexibility index (Phi) is 5.07. The lowest BCUT2D eigenvalue weighted by atomic mass is 10.2. The lowest BCUT2D eigenvalue weighted by Crippen LogP contribution is -2.13. The maximum absolute atomic E-state index is 12.7. The van der Waals surface area contributed by atoms with Gasteiger partial charge < -0.3 is 18.4 Å². The number of rotatable bonds is 6. The lowest BCUT2D eigenvalue weighted by molar-refractivity contribution is 0.395. The number of nitrogens with one attached hydrogen (secondary N) is 1. The second kappa shape index (κ2) is 7.16. The molecule has 0 saturated carbocycles. The number of benzene rings is 1. The molecule has 0 aliphatic carbocycles. The van der Waals surface area contributed by atoms with Gasteiger partial charge in [0.25, 0.3) is 10.0 Å². The molecular formula is C17H17ClN2O6S. The van der Waals surface area contributed by atoms with E-state index in [4.69, 9.17) is 30.0 Å². The van der Waals surface area contributed by atoms with Gasteiger partial charge in [0.1, 0.15) is 11.5 Å². The van der Waals surface area contributed by atoms with Crippen molar-refractivity contribution in [3.8, 4) is 23.0 Å². The summed E-state index contributed by atoms with van der Waals surface area (Å²) in [6, 6.07) is 5.70. The maximum atomic E-state index is 12.7. The zero-order valence-corrected chi connectivity index (χ0v) is 16.6. The highest BCUT2D eigenvalue weighted by atomic mass is 35.5. The normalized spacial score (nSPS) is 11.4. The Labute approximate surface area is 161 Å². The minimum absolute atomic E-state index is 0.146. The molecule has 144 valence electrons. The molecule has 27 heavy (non-hydrogen) atoms. The van der Waals surface area contributed by atoms with Crippen LogP contribution in [0.4, 0.5) is 5.69 Å². The van der Waals surface area contributed by atoms with E-state index in [2.05, 4.69) is 9.88 Å². The fourth-order valence-corrected chi connectivity index (χ4v) is 3.60. The van der Waals surface area contributed by atoms with Crippen LogP contribution in [0.2, 0.25) is 5.02 Å². The molecule has 0 bridgehead atoms. The molecule has 0 atom stereocenters. The summed E-state index contributed by atoms with van der Waals surface area (Å²) in [5.74, 6) is 1.23. The molecule has 1 aromatic carbocycles. The van der Waals surface area contributed by atoms with Crippen molar-refractivity contribution < 1.29 is 26.8 Å². The summed E-state index contributed by atoms with van der Waals surface area (Å²) in [5.41, 5.74) is 1.61. The first-order chi connectivity index (χ1) is 12.8. The second-order valence-corrected chi connectivity index (χ2v) is 7.65. The number of aryl methyl sites for hydroxylation is 1. The average molecular weight is 413 g/mol. The third-order valence-corrected chi connectivity index (χ3v) is 5.48. The number of sulfonamides is 1. The number of ether oxygens (including phenoxy) is 2. The van der Waals surface area contributed by atoms with E-state index in [1.54, 1.807) is 13.8 Å². The van der Waals surface area contributed by atoms with Crippen LogP contribution in [0.5, 0.6) is 11.5 Å². The predicted molar refractivity (Wildman–Crippen MR) is 99.0 cm³/mol.